The SMILES string of the molecule is CN(CCOc1ccc(C#N)cc1)C1CCOC1. The number of likely N-dealkylation sites (N-methyl/N-ethyl adjacent to an activating group) is 1. The van der Waals surface area contributed by atoms with E-state index in [2.05, 4.69) is 18.0 Å². The third-order valence-corrected chi connectivity index (χ3v) is 3.23. The van der Waals surface area contributed by atoms with Crippen molar-refractivity contribution in [1.82, 2.24) is 4.90 Å². The first-order chi connectivity index (χ1) is 8.79. The molecule has 1 aromatic rings. The first-order valence-corrected chi connectivity index (χ1v) is 6.20. The highest BCUT2D eigenvalue weighted by Gasteiger charge is 2.19. The molecule has 1 aromatic carbocycles. The van der Waals surface area contributed by atoms with Crippen molar-refractivity contribution in [2.45, 2.75) is 12.5 Å². The van der Waals surface area contributed by atoms with Crippen molar-refractivity contribution in [3.05, 3.63) is 29.8 Å². The van der Waals surface area contributed by atoms with Gasteiger partial charge in [0.15, 0.2) is 0 Å². The van der Waals surface area contributed by atoms with Crippen LogP contribution in [0.15, 0.2) is 24.3 Å². The molecule has 1 heterocycles. The average Bonchev–Trinajstić information content (AvgIpc) is 2.93. The number of nitriles is 1. The van der Waals surface area contributed by atoms with E-state index in [4.69, 9.17) is 14.7 Å². The van der Waals surface area contributed by atoms with Gasteiger partial charge in [0.05, 0.1) is 18.2 Å². The Balaban J connectivity index is 1.72. The smallest absolute Gasteiger partial charge is 0.119 e. The molecule has 4 heteroatoms. The summed E-state index contributed by atoms with van der Waals surface area (Å²) in [6, 6.07) is 9.81. The summed E-state index contributed by atoms with van der Waals surface area (Å²) in [7, 11) is 2.10. The van der Waals surface area contributed by atoms with E-state index in [1.807, 2.05) is 12.1 Å². The van der Waals surface area contributed by atoms with Crippen LogP contribution < -0.4 is 4.74 Å². The van der Waals surface area contributed by atoms with E-state index in [1.165, 1.54) is 0 Å². The molecule has 18 heavy (non-hydrogen) atoms. The molecule has 96 valence electrons. The predicted molar refractivity (Wildman–Crippen MR) is 68.5 cm³/mol. The molecular formula is C14H18N2O2. The summed E-state index contributed by atoms with van der Waals surface area (Å²) in [4.78, 5) is 2.27. The van der Waals surface area contributed by atoms with E-state index < -0.39 is 0 Å². The van der Waals surface area contributed by atoms with Gasteiger partial charge in [0.25, 0.3) is 0 Å². The van der Waals surface area contributed by atoms with Crippen molar-refractivity contribution in [2.24, 2.45) is 0 Å². The Morgan fingerprint density at radius 3 is 2.83 bits per heavy atom. The summed E-state index contributed by atoms with van der Waals surface area (Å²) in [5, 5.41) is 8.69. The first kappa shape index (κ1) is 12.9. The van der Waals surface area contributed by atoms with Crippen LogP contribution in [0.5, 0.6) is 5.75 Å². The van der Waals surface area contributed by atoms with Crippen LogP contribution in [-0.4, -0.2) is 44.4 Å². The second-order valence-corrected chi connectivity index (χ2v) is 4.48. The van der Waals surface area contributed by atoms with Crippen molar-refractivity contribution < 1.29 is 9.47 Å². The molecule has 0 spiro atoms. The summed E-state index contributed by atoms with van der Waals surface area (Å²) in [5.74, 6) is 0.810. The molecule has 1 aliphatic heterocycles. The fourth-order valence-corrected chi connectivity index (χ4v) is 1.99. The molecule has 0 radical (unpaired) electrons. The highest BCUT2D eigenvalue weighted by molar-refractivity contribution is 5.34. The quantitative estimate of drug-likeness (QED) is 0.792. The Hall–Kier alpha value is -1.57. The van der Waals surface area contributed by atoms with E-state index in [9.17, 15) is 0 Å². The van der Waals surface area contributed by atoms with Crippen molar-refractivity contribution in [1.29, 1.82) is 5.26 Å². The van der Waals surface area contributed by atoms with Gasteiger partial charge in [0.1, 0.15) is 12.4 Å². The van der Waals surface area contributed by atoms with E-state index >= 15 is 0 Å². The first-order valence-electron chi connectivity index (χ1n) is 6.20. The lowest BCUT2D eigenvalue weighted by Gasteiger charge is -2.22. The zero-order valence-corrected chi connectivity index (χ0v) is 10.6. The molecule has 1 aliphatic rings. The monoisotopic (exact) mass is 246 g/mol. The van der Waals surface area contributed by atoms with Gasteiger partial charge < -0.3 is 9.47 Å². The lowest BCUT2D eigenvalue weighted by Crippen LogP contribution is -2.35. The van der Waals surface area contributed by atoms with Crippen LogP contribution in [0.4, 0.5) is 0 Å². The van der Waals surface area contributed by atoms with Gasteiger partial charge in [-0.2, -0.15) is 5.26 Å². The predicted octanol–water partition coefficient (Wildman–Crippen LogP) is 1.66. The second-order valence-electron chi connectivity index (χ2n) is 4.48. The molecule has 0 saturated carbocycles. The van der Waals surface area contributed by atoms with Crippen molar-refractivity contribution in [3.8, 4) is 11.8 Å². The van der Waals surface area contributed by atoms with Gasteiger partial charge in [0.2, 0.25) is 0 Å². The van der Waals surface area contributed by atoms with Crippen molar-refractivity contribution in [2.75, 3.05) is 33.4 Å². The maximum absolute atomic E-state index is 8.69. The van der Waals surface area contributed by atoms with Crippen LogP contribution >= 0.6 is 0 Å². The van der Waals surface area contributed by atoms with Crippen molar-refractivity contribution in [3.63, 3.8) is 0 Å². The number of rotatable bonds is 5. The molecule has 0 aliphatic carbocycles. The fraction of sp³-hybridized carbons (Fsp3) is 0.500. The standard InChI is InChI=1S/C14H18N2O2/c1-16(13-6-8-17-11-13)7-9-18-14-4-2-12(10-15)3-5-14/h2-5,13H,6-9,11H2,1H3. The minimum absolute atomic E-state index is 0.523. The van der Waals surface area contributed by atoms with E-state index in [0.717, 1.165) is 31.9 Å². The second kappa shape index (κ2) is 6.39. The van der Waals surface area contributed by atoms with Gasteiger partial charge in [-0.3, -0.25) is 4.90 Å². The zero-order valence-electron chi connectivity index (χ0n) is 10.6. The van der Waals surface area contributed by atoms with Gasteiger partial charge >= 0.3 is 0 Å². The minimum atomic E-state index is 0.523. The Morgan fingerprint density at radius 1 is 1.44 bits per heavy atom. The number of ether oxygens (including phenoxy) is 2. The molecule has 0 bridgehead atoms. The highest BCUT2D eigenvalue weighted by Crippen LogP contribution is 2.13. The van der Waals surface area contributed by atoms with Gasteiger partial charge in [-0.15, -0.1) is 0 Å². The molecule has 0 aromatic heterocycles. The normalized spacial score (nSPS) is 18.8. The summed E-state index contributed by atoms with van der Waals surface area (Å²) >= 11 is 0. The van der Waals surface area contributed by atoms with Crippen LogP contribution in [-0.2, 0) is 4.74 Å². The number of benzene rings is 1. The lowest BCUT2D eigenvalue weighted by atomic mass is 10.2. The molecule has 1 fully saturated rings. The van der Waals surface area contributed by atoms with E-state index in [0.29, 0.717) is 18.2 Å². The van der Waals surface area contributed by atoms with E-state index in [-0.39, 0.29) is 0 Å². The summed E-state index contributed by atoms with van der Waals surface area (Å²) in [5.41, 5.74) is 0.655. The Morgan fingerprint density at radius 2 is 2.22 bits per heavy atom. The average molecular weight is 246 g/mol. The largest absolute Gasteiger partial charge is 0.492 e. The number of hydrogen-bond donors (Lipinski definition) is 0. The lowest BCUT2D eigenvalue weighted by molar-refractivity contribution is 0.147. The summed E-state index contributed by atoms with van der Waals surface area (Å²) < 4.78 is 11.0. The molecule has 0 amide bonds. The Kier molecular flexibility index (Phi) is 4.57. The summed E-state index contributed by atoms with van der Waals surface area (Å²) in [6.07, 6.45) is 1.10. The van der Waals surface area contributed by atoms with Gasteiger partial charge in [-0.05, 0) is 37.7 Å². The molecule has 1 atom stereocenters. The molecule has 1 saturated heterocycles. The van der Waals surface area contributed by atoms with Crippen LogP contribution in [0, 0.1) is 11.3 Å². The van der Waals surface area contributed by atoms with Gasteiger partial charge in [-0.1, -0.05) is 0 Å². The summed E-state index contributed by atoms with van der Waals surface area (Å²) in [6.45, 7) is 3.23. The Bertz CT molecular complexity index is 405. The molecule has 2 rings (SSSR count). The van der Waals surface area contributed by atoms with Gasteiger partial charge in [0, 0.05) is 19.2 Å². The molecule has 0 N–H and O–H groups in total. The number of nitrogens with zero attached hydrogens (tertiary/aromatic N) is 2. The highest BCUT2D eigenvalue weighted by atomic mass is 16.5. The molecule has 4 nitrogen and oxygen atoms in total. The van der Waals surface area contributed by atoms with Crippen LogP contribution in [0.1, 0.15) is 12.0 Å². The fourth-order valence-electron chi connectivity index (χ4n) is 1.99. The van der Waals surface area contributed by atoms with Crippen LogP contribution in [0.2, 0.25) is 0 Å². The third kappa shape index (κ3) is 3.46. The molecule has 1 unspecified atom stereocenters. The maximum atomic E-state index is 8.69. The van der Waals surface area contributed by atoms with E-state index in [1.54, 1.807) is 12.1 Å². The minimum Gasteiger partial charge on any atom is -0.492 e. The Labute approximate surface area is 108 Å². The number of hydrogen-bond acceptors (Lipinski definition) is 4. The topological polar surface area (TPSA) is 45.5 Å². The van der Waals surface area contributed by atoms with Crippen molar-refractivity contribution >= 4 is 0 Å². The van der Waals surface area contributed by atoms with Crippen LogP contribution in [0.3, 0.4) is 0 Å². The maximum Gasteiger partial charge on any atom is 0.119 e. The molecular weight excluding hydrogens is 228 g/mol. The van der Waals surface area contributed by atoms with Gasteiger partial charge in [-0.25, -0.2) is 0 Å². The van der Waals surface area contributed by atoms with Crippen LogP contribution in [0.25, 0.3) is 0 Å². The third-order valence-electron chi connectivity index (χ3n) is 3.23. The zero-order chi connectivity index (χ0) is 12.8.